The molecule has 1 amide bonds. The molecule has 5 N–H and O–H groups in total. The lowest BCUT2D eigenvalue weighted by atomic mass is 10.0. The summed E-state index contributed by atoms with van der Waals surface area (Å²) in [5.41, 5.74) is 16.9. The number of carbonyl (C=O) groups is 1. The molecule has 0 bridgehead atoms. The van der Waals surface area contributed by atoms with Gasteiger partial charge in [0.15, 0.2) is 5.69 Å². The number of carbonyl (C=O) groups excluding carboxylic acids is 1. The van der Waals surface area contributed by atoms with Gasteiger partial charge in [-0.15, -0.1) is 0 Å². The number of nitrogens with zero attached hydrogens (tertiary/aromatic N) is 2. The minimum absolute atomic E-state index is 0.262. The molecule has 7 heteroatoms. The molecule has 0 unspecified atom stereocenters. The second kappa shape index (κ2) is 9.55. The van der Waals surface area contributed by atoms with Crippen LogP contribution >= 0.6 is 0 Å². The second-order valence-corrected chi connectivity index (χ2v) is 7.40. The molecule has 0 aliphatic rings. The first-order chi connectivity index (χ1) is 15.3. The topological polar surface area (TPSA) is 119 Å². The number of hydrogen-bond donors (Lipinski definition) is 3. The number of rotatable bonds is 7. The zero-order valence-electron chi connectivity index (χ0n) is 17.9. The molecule has 0 aliphatic heterocycles. The summed E-state index contributed by atoms with van der Waals surface area (Å²) in [6.45, 7) is 10.8. The van der Waals surface area contributed by atoms with Crippen LogP contribution in [0.3, 0.4) is 0 Å². The van der Waals surface area contributed by atoms with Gasteiger partial charge in [0, 0.05) is 18.2 Å². The molecule has 0 aliphatic carbocycles. The number of nitrogens with two attached hydrogens (primary N) is 2. The Morgan fingerprint density at radius 2 is 1.88 bits per heavy atom. The predicted molar refractivity (Wildman–Crippen MR) is 125 cm³/mol. The molecule has 3 aromatic carbocycles. The summed E-state index contributed by atoms with van der Waals surface area (Å²) in [6, 6.07) is 16.2. The summed E-state index contributed by atoms with van der Waals surface area (Å²) in [5, 5.41) is 12.1. The third-order valence-electron chi connectivity index (χ3n) is 4.96. The Kier molecular flexibility index (Phi) is 6.62. The summed E-state index contributed by atoms with van der Waals surface area (Å²) < 4.78 is 6.16. The van der Waals surface area contributed by atoms with Crippen molar-refractivity contribution in [3.63, 3.8) is 0 Å². The number of nitrogens with one attached hydrogen (secondary N) is 1. The van der Waals surface area contributed by atoms with Gasteiger partial charge in [-0.1, -0.05) is 18.2 Å². The number of aryl methyl sites for hydroxylation is 3. The van der Waals surface area contributed by atoms with Crippen LogP contribution in [0.25, 0.3) is 4.85 Å². The number of hydrogen-bond acceptors (Lipinski definition) is 5. The van der Waals surface area contributed by atoms with E-state index in [1.807, 2.05) is 19.9 Å². The highest BCUT2D eigenvalue weighted by atomic mass is 16.5. The standard InChI is InChI=1S/C25H23N5O2/c1-15-12-21(27)22(30-19-8-6-18(29-3)7-9-19)14-23(15)32-24-16(2)11-17(5-4-10-26)13-20(24)25(28)31/h6-9,11-14,30H,4-5,27H2,1-2H3,(H2,28,31). The fourth-order valence-electron chi connectivity index (χ4n) is 3.33. The van der Waals surface area contributed by atoms with Crippen molar-refractivity contribution in [2.45, 2.75) is 26.7 Å². The zero-order valence-corrected chi connectivity index (χ0v) is 17.9. The first-order valence-corrected chi connectivity index (χ1v) is 9.95. The van der Waals surface area contributed by atoms with Crippen LogP contribution in [0.5, 0.6) is 11.5 Å². The maximum Gasteiger partial charge on any atom is 0.252 e. The number of nitriles is 1. The smallest absolute Gasteiger partial charge is 0.252 e. The lowest BCUT2D eigenvalue weighted by Gasteiger charge is -2.18. The second-order valence-electron chi connectivity index (χ2n) is 7.40. The van der Waals surface area contributed by atoms with Gasteiger partial charge in [-0.05, 0) is 61.2 Å². The Morgan fingerprint density at radius 3 is 2.50 bits per heavy atom. The van der Waals surface area contributed by atoms with Crippen molar-refractivity contribution in [3.05, 3.63) is 82.2 Å². The van der Waals surface area contributed by atoms with Crippen LogP contribution in [0.2, 0.25) is 0 Å². The molecule has 0 spiro atoms. The number of nitrogen functional groups attached to an aromatic ring is 1. The van der Waals surface area contributed by atoms with E-state index in [-0.39, 0.29) is 5.56 Å². The first kappa shape index (κ1) is 22.2. The maximum atomic E-state index is 12.1. The Balaban J connectivity index is 1.96. The minimum Gasteiger partial charge on any atom is -0.456 e. The van der Waals surface area contributed by atoms with Crippen LogP contribution in [0, 0.1) is 31.8 Å². The van der Waals surface area contributed by atoms with Crippen LogP contribution in [0.1, 0.15) is 33.5 Å². The van der Waals surface area contributed by atoms with Gasteiger partial charge in [-0.25, -0.2) is 4.85 Å². The SMILES string of the molecule is [C-]#[N+]c1ccc(Nc2cc(Oc3c(C)cc(CCC#N)cc3C(N)=O)c(C)cc2N)cc1. The van der Waals surface area contributed by atoms with Gasteiger partial charge in [-0.3, -0.25) is 4.79 Å². The van der Waals surface area contributed by atoms with Crippen molar-refractivity contribution in [3.8, 4) is 17.6 Å². The molecule has 0 saturated heterocycles. The molecule has 0 aromatic heterocycles. The Bertz CT molecular complexity index is 1250. The van der Waals surface area contributed by atoms with Crippen LogP contribution < -0.4 is 21.5 Å². The highest BCUT2D eigenvalue weighted by molar-refractivity contribution is 5.96. The van der Waals surface area contributed by atoms with E-state index >= 15 is 0 Å². The van der Waals surface area contributed by atoms with Crippen LogP contribution in [0.4, 0.5) is 22.7 Å². The summed E-state index contributed by atoms with van der Waals surface area (Å²) in [7, 11) is 0. The van der Waals surface area contributed by atoms with E-state index < -0.39 is 5.91 Å². The third-order valence-corrected chi connectivity index (χ3v) is 4.96. The Morgan fingerprint density at radius 1 is 1.16 bits per heavy atom. The fourth-order valence-corrected chi connectivity index (χ4v) is 3.33. The summed E-state index contributed by atoms with van der Waals surface area (Å²) in [5.74, 6) is 0.293. The largest absolute Gasteiger partial charge is 0.456 e. The molecule has 0 radical (unpaired) electrons. The van der Waals surface area contributed by atoms with Crippen LogP contribution in [-0.4, -0.2) is 5.91 Å². The molecule has 3 aromatic rings. The van der Waals surface area contributed by atoms with Crippen molar-refractivity contribution < 1.29 is 9.53 Å². The minimum atomic E-state index is -0.603. The van der Waals surface area contributed by atoms with Crippen LogP contribution in [-0.2, 0) is 6.42 Å². The predicted octanol–water partition coefficient (Wildman–Crippen LogP) is 5.53. The molecule has 32 heavy (non-hydrogen) atoms. The normalized spacial score (nSPS) is 10.1. The Labute approximate surface area is 187 Å². The number of anilines is 3. The van der Waals surface area contributed by atoms with Crippen molar-refractivity contribution >= 4 is 28.7 Å². The van der Waals surface area contributed by atoms with Crippen molar-refractivity contribution in [2.75, 3.05) is 11.1 Å². The number of benzene rings is 3. The summed E-state index contributed by atoms with van der Waals surface area (Å²) in [6.07, 6.45) is 0.875. The number of amides is 1. The molecule has 3 rings (SSSR count). The highest BCUT2D eigenvalue weighted by Gasteiger charge is 2.17. The highest BCUT2D eigenvalue weighted by Crippen LogP contribution is 2.37. The lowest BCUT2D eigenvalue weighted by molar-refractivity contribution is 0.0998. The van der Waals surface area contributed by atoms with E-state index in [9.17, 15) is 4.79 Å². The molecule has 7 nitrogen and oxygen atoms in total. The third kappa shape index (κ3) is 4.97. The molecular formula is C25H23N5O2. The monoisotopic (exact) mass is 425 g/mol. The molecule has 0 heterocycles. The van der Waals surface area contributed by atoms with E-state index in [0.29, 0.717) is 41.4 Å². The number of ether oxygens (including phenoxy) is 1. The van der Waals surface area contributed by atoms with Gasteiger partial charge in [-0.2, -0.15) is 5.26 Å². The van der Waals surface area contributed by atoms with E-state index in [0.717, 1.165) is 22.4 Å². The van der Waals surface area contributed by atoms with Gasteiger partial charge in [0.1, 0.15) is 11.5 Å². The van der Waals surface area contributed by atoms with Gasteiger partial charge < -0.3 is 21.5 Å². The van der Waals surface area contributed by atoms with Gasteiger partial charge in [0.2, 0.25) is 0 Å². The van der Waals surface area contributed by atoms with Gasteiger partial charge in [0.25, 0.3) is 5.91 Å². The van der Waals surface area contributed by atoms with Gasteiger partial charge >= 0.3 is 0 Å². The average molecular weight is 425 g/mol. The Hall–Kier alpha value is -4.49. The van der Waals surface area contributed by atoms with Crippen molar-refractivity contribution in [1.82, 2.24) is 0 Å². The number of primary amides is 1. The first-order valence-electron chi connectivity index (χ1n) is 9.95. The van der Waals surface area contributed by atoms with Gasteiger partial charge in [0.05, 0.1) is 29.6 Å². The molecule has 0 atom stereocenters. The molecular weight excluding hydrogens is 402 g/mol. The van der Waals surface area contributed by atoms with E-state index in [1.54, 1.807) is 42.5 Å². The quantitative estimate of drug-likeness (QED) is 0.340. The van der Waals surface area contributed by atoms with E-state index in [4.69, 9.17) is 28.0 Å². The van der Waals surface area contributed by atoms with E-state index in [1.165, 1.54) is 0 Å². The lowest BCUT2D eigenvalue weighted by Crippen LogP contribution is -2.14. The maximum absolute atomic E-state index is 12.1. The molecule has 0 saturated carbocycles. The molecule has 160 valence electrons. The van der Waals surface area contributed by atoms with Crippen molar-refractivity contribution in [2.24, 2.45) is 5.73 Å². The zero-order chi connectivity index (χ0) is 23.3. The summed E-state index contributed by atoms with van der Waals surface area (Å²) in [4.78, 5) is 15.5. The van der Waals surface area contributed by atoms with E-state index in [2.05, 4.69) is 16.2 Å². The van der Waals surface area contributed by atoms with Crippen molar-refractivity contribution in [1.29, 1.82) is 5.26 Å². The van der Waals surface area contributed by atoms with Crippen LogP contribution in [0.15, 0.2) is 48.5 Å². The summed E-state index contributed by atoms with van der Waals surface area (Å²) >= 11 is 0. The molecule has 0 fully saturated rings. The average Bonchev–Trinajstić information content (AvgIpc) is 2.77. The fraction of sp³-hybridized carbons (Fsp3) is 0.160.